The predicted molar refractivity (Wildman–Crippen MR) is 45.2 cm³/mol. The molecule has 11 heavy (non-hydrogen) atoms. The number of aromatic nitrogens is 1. The standard InChI is InChI=1S/C9H12N2/c1-9(4-5-9)8-3-2-7(10)6-11-8/h2-3,6H,4-5,10H2,1H3. The van der Waals surface area contributed by atoms with Crippen LogP contribution in [-0.2, 0) is 5.41 Å². The van der Waals surface area contributed by atoms with E-state index in [1.807, 2.05) is 12.1 Å². The van der Waals surface area contributed by atoms with Gasteiger partial charge in [-0.1, -0.05) is 6.92 Å². The van der Waals surface area contributed by atoms with Crippen molar-refractivity contribution in [2.75, 3.05) is 5.73 Å². The number of nitrogens with two attached hydrogens (primary N) is 1. The molecule has 0 radical (unpaired) electrons. The smallest absolute Gasteiger partial charge is 0.0501 e. The van der Waals surface area contributed by atoms with Gasteiger partial charge in [-0.25, -0.2) is 0 Å². The summed E-state index contributed by atoms with van der Waals surface area (Å²) in [6.45, 7) is 2.24. The van der Waals surface area contributed by atoms with Crippen molar-refractivity contribution in [1.29, 1.82) is 0 Å². The molecular formula is C9H12N2. The van der Waals surface area contributed by atoms with Crippen molar-refractivity contribution in [2.45, 2.75) is 25.2 Å². The Hall–Kier alpha value is -1.05. The molecule has 2 rings (SSSR count). The van der Waals surface area contributed by atoms with E-state index in [-0.39, 0.29) is 0 Å². The maximum Gasteiger partial charge on any atom is 0.0501 e. The fraction of sp³-hybridized carbons (Fsp3) is 0.444. The zero-order valence-electron chi connectivity index (χ0n) is 6.67. The van der Waals surface area contributed by atoms with Gasteiger partial charge in [0.25, 0.3) is 0 Å². The van der Waals surface area contributed by atoms with Gasteiger partial charge in [0.15, 0.2) is 0 Å². The van der Waals surface area contributed by atoms with Gasteiger partial charge in [-0.3, -0.25) is 4.98 Å². The second-order valence-corrected chi connectivity index (χ2v) is 3.54. The Morgan fingerprint density at radius 3 is 2.64 bits per heavy atom. The third-order valence-electron chi connectivity index (χ3n) is 2.40. The molecule has 0 unspecified atom stereocenters. The molecule has 2 nitrogen and oxygen atoms in total. The van der Waals surface area contributed by atoms with Gasteiger partial charge in [0, 0.05) is 11.1 Å². The van der Waals surface area contributed by atoms with E-state index in [1.165, 1.54) is 18.5 Å². The van der Waals surface area contributed by atoms with E-state index in [1.54, 1.807) is 6.20 Å². The Morgan fingerprint density at radius 1 is 1.45 bits per heavy atom. The third-order valence-corrected chi connectivity index (χ3v) is 2.40. The van der Waals surface area contributed by atoms with Crippen LogP contribution < -0.4 is 5.73 Å². The highest BCUT2D eigenvalue weighted by Crippen LogP contribution is 2.46. The summed E-state index contributed by atoms with van der Waals surface area (Å²) in [5.74, 6) is 0. The number of anilines is 1. The van der Waals surface area contributed by atoms with E-state index in [4.69, 9.17) is 5.73 Å². The highest BCUT2D eigenvalue weighted by Gasteiger charge is 2.40. The molecule has 0 atom stereocenters. The summed E-state index contributed by atoms with van der Waals surface area (Å²) in [7, 11) is 0. The quantitative estimate of drug-likeness (QED) is 0.658. The van der Waals surface area contributed by atoms with Crippen LogP contribution in [0.5, 0.6) is 0 Å². The molecule has 0 aromatic carbocycles. The van der Waals surface area contributed by atoms with E-state index < -0.39 is 0 Å². The van der Waals surface area contributed by atoms with E-state index >= 15 is 0 Å². The SMILES string of the molecule is CC1(c2ccc(N)cn2)CC1. The third kappa shape index (κ3) is 1.09. The number of pyridine rings is 1. The van der Waals surface area contributed by atoms with E-state index in [2.05, 4.69) is 11.9 Å². The lowest BCUT2D eigenvalue weighted by Gasteiger charge is -2.06. The fourth-order valence-corrected chi connectivity index (χ4v) is 1.21. The number of rotatable bonds is 1. The molecule has 2 heteroatoms. The maximum absolute atomic E-state index is 5.53. The Bertz CT molecular complexity index is 259. The van der Waals surface area contributed by atoms with Crippen molar-refractivity contribution in [3.8, 4) is 0 Å². The molecule has 0 amide bonds. The molecule has 0 aliphatic heterocycles. The molecule has 0 bridgehead atoms. The van der Waals surface area contributed by atoms with Gasteiger partial charge in [-0.05, 0) is 25.0 Å². The Morgan fingerprint density at radius 2 is 2.18 bits per heavy atom. The summed E-state index contributed by atoms with van der Waals surface area (Å²) in [5, 5.41) is 0. The van der Waals surface area contributed by atoms with Crippen molar-refractivity contribution >= 4 is 5.69 Å². The van der Waals surface area contributed by atoms with Gasteiger partial charge in [0.1, 0.15) is 0 Å². The van der Waals surface area contributed by atoms with Crippen molar-refractivity contribution in [2.24, 2.45) is 0 Å². The first-order chi connectivity index (χ1) is 5.21. The first-order valence-electron chi connectivity index (χ1n) is 3.93. The van der Waals surface area contributed by atoms with Gasteiger partial charge >= 0.3 is 0 Å². The lowest BCUT2D eigenvalue weighted by atomic mass is 10.1. The van der Waals surface area contributed by atoms with Gasteiger partial charge in [-0.2, -0.15) is 0 Å². The minimum Gasteiger partial charge on any atom is -0.397 e. The van der Waals surface area contributed by atoms with Gasteiger partial charge in [0.2, 0.25) is 0 Å². The Balaban J connectivity index is 2.33. The molecule has 0 saturated heterocycles. The van der Waals surface area contributed by atoms with Crippen LogP contribution in [0.4, 0.5) is 5.69 Å². The molecular weight excluding hydrogens is 136 g/mol. The molecule has 1 aliphatic rings. The minimum atomic E-state index is 0.369. The Kier molecular flexibility index (Phi) is 1.19. The van der Waals surface area contributed by atoms with Crippen LogP contribution in [0.15, 0.2) is 18.3 Å². The number of nitrogen functional groups attached to an aromatic ring is 1. The number of nitrogens with zero attached hydrogens (tertiary/aromatic N) is 1. The first-order valence-corrected chi connectivity index (χ1v) is 3.93. The van der Waals surface area contributed by atoms with Crippen LogP contribution in [0, 0.1) is 0 Å². The predicted octanol–water partition coefficient (Wildman–Crippen LogP) is 1.72. The molecule has 1 fully saturated rings. The zero-order valence-corrected chi connectivity index (χ0v) is 6.67. The van der Waals surface area contributed by atoms with Gasteiger partial charge < -0.3 is 5.73 Å². The summed E-state index contributed by atoms with van der Waals surface area (Å²) in [5.41, 5.74) is 7.83. The van der Waals surface area contributed by atoms with Crippen LogP contribution >= 0.6 is 0 Å². The average Bonchev–Trinajstić information content (AvgIpc) is 2.70. The lowest BCUT2D eigenvalue weighted by Crippen LogP contribution is -2.02. The monoisotopic (exact) mass is 148 g/mol. The topological polar surface area (TPSA) is 38.9 Å². The van der Waals surface area contributed by atoms with Crippen molar-refractivity contribution in [3.63, 3.8) is 0 Å². The lowest BCUT2D eigenvalue weighted by molar-refractivity contribution is 0.751. The zero-order chi connectivity index (χ0) is 7.90. The number of hydrogen-bond donors (Lipinski definition) is 1. The van der Waals surface area contributed by atoms with Crippen LogP contribution in [0.3, 0.4) is 0 Å². The second kappa shape index (κ2) is 1.97. The summed E-state index contributed by atoms with van der Waals surface area (Å²) >= 11 is 0. The highest BCUT2D eigenvalue weighted by molar-refractivity contribution is 5.37. The molecule has 2 N–H and O–H groups in total. The molecule has 0 spiro atoms. The van der Waals surface area contributed by atoms with Crippen LogP contribution in [0.2, 0.25) is 0 Å². The van der Waals surface area contributed by atoms with Gasteiger partial charge in [-0.15, -0.1) is 0 Å². The largest absolute Gasteiger partial charge is 0.397 e. The average molecular weight is 148 g/mol. The second-order valence-electron chi connectivity index (χ2n) is 3.54. The summed E-state index contributed by atoms with van der Waals surface area (Å²) in [6.07, 6.45) is 4.27. The molecule has 1 saturated carbocycles. The van der Waals surface area contributed by atoms with Crippen molar-refractivity contribution < 1.29 is 0 Å². The van der Waals surface area contributed by atoms with Crippen LogP contribution in [0.25, 0.3) is 0 Å². The van der Waals surface area contributed by atoms with E-state index in [9.17, 15) is 0 Å². The first kappa shape index (κ1) is 6.65. The van der Waals surface area contributed by atoms with Crippen molar-refractivity contribution in [3.05, 3.63) is 24.0 Å². The molecule has 1 aromatic rings. The fourth-order valence-electron chi connectivity index (χ4n) is 1.21. The van der Waals surface area contributed by atoms with Crippen LogP contribution in [-0.4, -0.2) is 4.98 Å². The molecule has 58 valence electrons. The Labute approximate surface area is 66.4 Å². The van der Waals surface area contributed by atoms with Crippen molar-refractivity contribution in [1.82, 2.24) is 4.98 Å². The summed E-state index contributed by atoms with van der Waals surface area (Å²) < 4.78 is 0. The van der Waals surface area contributed by atoms with Gasteiger partial charge in [0.05, 0.1) is 11.9 Å². The highest BCUT2D eigenvalue weighted by atomic mass is 14.8. The van der Waals surface area contributed by atoms with E-state index in [0.717, 1.165) is 5.69 Å². The summed E-state index contributed by atoms with van der Waals surface area (Å²) in [4.78, 5) is 4.29. The maximum atomic E-state index is 5.53. The normalized spacial score (nSPS) is 19.7. The molecule has 1 aliphatic carbocycles. The minimum absolute atomic E-state index is 0.369. The number of hydrogen-bond acceptors (Lipinski definition) is 2. The van der Waals surface area contributed by atoms with Crippen LogP contribution in [0.1, 0.15) is 25.5 Å². The molecule has 1 heterocycles. The summed E-state index contributed by atoms with van der Waals surface area (Å²) in [6, 6.07) is 3.95. The van der Waals surface area contributed by atoms with E-state index in [0.29, 0.717) is 5.41 Å². The molecule has 1 aromatic heterocycles.